The second-order valence-electron chi connectivity index (χ2n) is 11.4. The van der Waals surface area contributed by atoms with E-state index in [-0.39, 0.29) is 12.2 Å². The Labute approximate surface area is 202 Å². The van der Waals surface area contributed by atoms with E-state index in [2.05, 4.69) is 67.5 Å². The molecule has 2 aliphatic heterocycles. The van der Waals surface area contributed by atoms with Crippen LogP contribution in [0.25, 0.3) is 0 Å². The number of anilines is 2. The summed E-state index contributed by atoms with van der Waals surface area (Å²) >= 11 is 0. The first-order valence-electron chi connectivity index (χ1n) is 13.4. The molecule has 0 N–H and O–H groups in total. The molecule has 33 heavy (non-hydrogen) atoms. The van der Waals surface area contributed by atoms with Gasteiger partial charge in [0.25, 0.3) is 0 Å². The maximum Gasteiger partial charge on any atom is 0.0726 e. The van der Waals surface area contributed by atoms with Crippen molar-refractivity contribution < 1.29 is 9.47 Å². The zero-order valence-electron chi connectivity index (χ0n) is 21.8. The minimum absolute atomic E-state index is 0.289. The van der Waals surface area contributed by atoms with E-state index in [9.17, 15) is 0 Å². The molecule has 2 unspecified atom stereocenters. The first kappa shape index (κ1) is 24.8. The molecule has 1 aromatic rings. The van der Waals surface area contributed by atoms with Crippen LogP contribution in [0.3, 0.4) is 0 Å². The first-order chi connectivity index (χ1) is 15.8. The number of hydrogen-bond acceptors (Lipinski definition) is 5. The van der Waals surface area contributed by atoms with Gasteiger partial charge in [-0.05, 0) is 81.5 Å². The zero-order valence-corrected chi connectivity index (χ0v) is 21.8. The highest BCUT2D eigenvalue weighted by Gasteiger charge is 2.31. The predicted octanol–water partition coefficient (Wildman–Crippen LogP) is 5.14. The number of nitrogens with zero attached hydrogens (tertiary/aromatic N) is 3. The Kier molecular flexibility index (Phi) is 8.24. The molecule has 3 aliphatic rings. The van der Waals surface area contributed by atoms with Crippen LogP contribution in [0.2, 0.25) is 0 Å². The molecule has 0 radical (unpaired) electrons. The van der Waals surface area contributed by atoms with E-state index < -0.39 is 0 Å². The van der Waals surface area contributed by atoms with Crippen molar-refractivity contribution in [3.05, 3.63) is 23.8 Å². The highest BCUT2D eigenvalue weighted by atomic mass is 16.5. The van der Waals surface area contributed by atoms with Gasteiger partial charge in [-0.15, -0.1) is 0 Å². The molecule has 5 nitrogen and oxygen atoms in total. The third-order valence-corrected chi connectivity index (χ3v) is 8.04. The standard InChI is InChI=1S/C28H47N3O2/c1-6-32-18-17-29-13-15-30(16-14-29)27-8-7-25(31-20-22(2)33-23(3)21-31)19-26(27)24-9-11-28(4,5)12-10-24/h7-8,19,22-24H,6,9-18,20-21H2,1-5H3. The van der Waals surface area contributed by atoms with Crippen molar-refractivity contribution in [2.45, 2.75) is 78.4 Å². The lowest BCUT2D eigenvalue weighted by Gasteiger charge is -2.41. The summed E-state index contributed by atoms with van der Waals surface area (Å²) in [6.07, 6.45) is 5.87. The molecule has 2 heterocycles. The van der Waals surface area contributed by atoms with Crippen LogP contribution in [0, 0.1) is 5.41 Å². The number of morpholine rings is 1. The minimum Gasteiger partial charge on any atom is -0.380 e. The van der Waals surface area contributed by atoms with Gasteiger partial charge in [0, 0.05) is 63.8 Å². The lowest BCUT2D eigenvalue weighted by Crippen LogP contribution is -2.48. The summed E-state index contributed by atoms with van der Waals surface area (Å²) in [4.78, 5) is 7.75. The maximum atomic E-state index is 6.01. The minimum atomic E-state index is 0.289. The van der Waals surface area contributed by atoms with Crippen molar-refractivity contribution in [3.8, 4) is 0 Å². The molecule has 5 heteroatoms. The van der Waals surface area contributed by atoms with E-state index in [4.69, 9.17) is 9.47 Å². The van der Waals surface area contributed by atoms with Gasteiger partial charge in [0.1, 0.15) is 0 Å². The van der Waals surface area contributed by atoms with Crippen LogP contribution in [0.1, 0.15) is 71.8 Å². The third kappa shape index (κ3) is 6.43. The first-order valence-corrected chi connectivity index (χ1v) is 13.4. The maximum absolute atomic E-state index is 6.01. The van der Waals surface area contributed by atoms with E-state index in [1.807, 2.05) is 0 Å². The van der Waals surface area contributed by atoms with Crippen LogP contribution in [0.4, 0.5) is 11.4 Å². The molecule has 0 spiro atoms. The van der Waals surface area contributed by atoms with E-state index in [0.717, 1.165) is 59.0 Å². The van der Waals surface area contributed by atoms with Gasteiger partial charge >= 0.3 is 0 Å². The molecular formula is C28H47N3O2. The Balaban J connectivity index is 1.52. The molecule has 3 fully saturated rings. The summed E-state index contributed by atoms with van der Waals surface area (Å²) in [6.45, 7) is 20.5. The van der Waals surface area contributed by atoms with Crippen LogP contribution in [0.15, 0.2) is 18.2 Å². The molecular weight excluding hydrogens is 410 g/mol. The molecule has 1 saturated carbocycles. The molecule has 0 amide bonds. The zero-order chi connectivity index (χ0) is 23.4. The number of ether oxygens (including phenoxy) is 2. The van der Waals surface area contributed by atoms with Gasteiger partial charge in [0.05, 0.1) is 18.8 Å². The summed E-state index contributed by atoms with van der Waals surface area (Å²) in [7, 11) is 0. The summed E-state index contributed by atoms with van der Waals surface area (Å²) in [5.41, 5.74) is 4.96. The van der Waals surface area contributed by atoms with Crippen molar-refractivity contribution in [1.82, 2.24) is 4.90 Å². The summed E-state index contributed by atoms with van der Waals surface area (Å²) in [6, 6.07) is 7.35. The fourth-order valence-corrected chi connectivity index (χ4v) is 6.00. The van der Waals surface area contributed by atoms with Crippen LogP contribution in [0.5, 0.6) is 0 Å². The molecule has 0 aromatic heterocycles. The average molecular weight is 458 g/mol. The lowest BCUT2D eigenvalue weighted by molar-refractivity contribution is -0.00522. The normalized spacial score (nSPS) is 27.2. The van der Waals surface area contributed by atoms with Crippen molar-refractivity contribution >= 4 is 11.4 Å². The predicted molar refractivity (Wildman–Crippen MR) is 139 cm³/mol. The monoisotopic (exact) mass is 457 g/mol. The van der Waals surface area contributed by atoms with Crippen LogP contribution < -0.4 is 9.80 Å². The van der Waals surface area contributed by atoms with E-state index in [0.29, 0.717) is 11.3 Å². The van der Waals surface area contributed by atoms with Gasteiger partial charge in [-0.3, -0.25) is 4.90 Å². The van der Waals surface area contributed by atoms with Crippen LogP contribution >= 0.6 is 0 Å². The van der Waals surface area contributed by atoms with Gasteiger partial charge in [-0.1, -0.05) is 13.8 Å². The average Bonchev–Trinajstić information content (AvgIpc) is 2.79. The number of benzene rings is 1. The largest absolute Gasteiger partial charge is 0.380 e. The fourth-order valence-electron chi connectivity index (χ4n) is 6.00. The van der Waals surface area contributed by atoms with Gasteiger partial charge in [0.2, 0.25) is 0 Å². The molecule has 0 bridgehead atoms. The molecule has 186 valence electrons. The highest BCUT2D eigenvalue weighted by Crippen LogP contribution is 2.45. The SMILES string of the molecule is CCOCCN1CCN(c2ccc(N3CC(C)OC(C)C3)cc2C2CCC(C)(C)CC2)CC1. The lowest BCUT2D eigenvalue weighted by atomic mass is 9.71. The Hall–Kier alpha value is -1.30. The second kappa shape index (κ2) is 11.0. The number of piperazine rings is 1. The Bertz CT molecular complexity index is 740. The van der Waals surface area contributed by atoms with Gasteiger partial charge in [0.15, 0.2) is 0 Å². The second-order valence-corrected chi connectivity index (χ2v) is 11.4. The number of hydrogen-bond donors (Lipinski definition) is 0. The summed E-state index contributed by atoms with van der Waals surface area (Å²) < 4.78 is 11.6. The quantitative estimate of drug-likeness (QED) is 0.529. The Morgan fingerprint density at radius 1 is 0.970 bits per heavy atom. The van der Waals surface area contributed by atoms with Gasteiger partial charge in [-0.2, -0.15) is 0 Å². The molecule has 1 aliphatic carbocycles. The topological polar surface area (TPSA) is 28.2 Å². The smallest absolute Gasteiger partial charge is 0.0726 e. The molecule has 2 atom stereocenters. The van der Waals surface area contributed by atoms with Crippen LogP contribution in [-0.2, 0) is 9.47 Å². The van der Waals surface area contributed by atoms with E-state index >= 15 is 0 Å². The Morgan fingerprint density at radius 3 is 2.27 bits per heavy atom. The van der Waals surface area contributed by atoms with Gasteiger partial charge < -0.3 is 19.3 Å². The molecule has 1 aromatic carbocycles. The summed E-state index contributed by atoms with van der Waals surface area (Å²) in [5, 5.41) is 0. The number of rotatable bonds is 7. The van der Waals surface area contributed by atoms with Crippen molar-refractivity contribution in [1.29, 1.82) is 0 Å². The molecule has 4 rings (SSSR count). The third-order valence-electron chi connectivity index (χ3n) is 8.04. The highest BCUT2D eigenvalue weighted by molar-refractivity contribution is 5.64. The van der Waals surface area contributed by atoms with E-state index in [1.165, 1.54) is 37.1 Å². The van der Waals surface area contributed by atoms with E-state index in [1.54, 1.807) is 5.56 Å². The summed E-state index contributed by atoms with van der Waals surface area (Å²) in [5.74, 6) is 0.680. The fraction of sp³-hybridized carbons (Fsp3) is 0.786. The van der Waals surface area contributed by atoms with Gasteiger partial charge in [-0.25, -0.2) is 0 Å². The Morgan fingerprint density at radius 2 is 1.64 bits per heavy atom. The van der Waals surface area contributed by atoms with Crippen molar-refractivity contribution in [2.24, 2.45) is 5.41 Å². The van der Waals surface area contributed by atoms with Crippen LogP contribution in [-0.4, -0.2) is 76.1 Å². The molecule has 2 saturated heterocycles. The van der Waals surface area contributed by atoms with Crippen molar-refractivity contribution in [3.63, 3.8) is 0 Å². The van der Waals surface area contributed by atoms with Crippen molar-refractivity contribution in [2.75, 3.05) is 68.8 Å².